The van der Waals surface area contributed by atoms with E-state index < -0.39 is 0 Å². The molecule has 2 aromatic rings. The number of para-hydroxylation sites is 2. The summed E-state index contributed by atoms with van der Waals surface area (Å²) in [4.78, 5) is 15.9. The van der Waals surface area contributed by atoms with Gasteiger partial charge in [-0.15, -0.1) is 0 Å². The van der Waals surface area contributed by atoms with Crippen molar-refractivity contribution in [3.8, 4) is 11.8 Å². The smallest absolute Gasteiger partial charge is 0.282 e. The summed E-state index contributed by atoms with van der Waals surface area (Å²) in [7, 11) is 0. The van der Waals surface area contributed by atoms with Crippen LogP contribution in [0.2, 0.25) is 0 Å². The van der Waals surface area contributed by atoms with Gasteiger partial charge in [-0.05, 0) is 37.3 Å². The lowest BCUT2D eigenvalue weighted by atomic mass is 10.1. The van der Waals surface area contributed by atoms with Crippen LogP contribution in [0.4, 0.5) is 11.4 Å². The van der Waals surface area contributed by atoms with Crippen LogP contribution in [0.1, 0.15) is 12.5 Å². The van der Waals surface area contributed by atoms with E-state index in [0.29, 0.717) is 17.0 Å². The summed E-state index contributed by atoms with van der Waals surface area (Å²) >= 11 is 0. The quantitative estimate of drug-likeness (QED) is 0.768. The van der Waals surface area contributed by atoms with Gasteiger partial charge in [-0.3, -0.25) is 4.79 Å². The molecule has 0 radical (unpaired) electrons. The lowest BCUT2D eigenvalue weighted by Gasteiger charge is -2.36. The number of hydrogen-bond acceptors (Lipinski definition) is 4. The summed E-state index contributed by atoms with van der Waals surface area (Å²) in [6.07, 6.45) is 0. The number of aromatic hydroxyl groups is 1. The van der Waals surface area contributed by atoms with Gasteiger partial charge in [-0.1, -0.05) is 18.2 Å². The fourth-order valence-corrected chi connectivity index (χ4v) is 3.30. The minimum Gasteiger partial charge on any atom is -0.506 e. The van der Waals surface area contributed by atoms with Crippen LogP contribution in [0.25, 0.3) is 0 Å². The average Bonchev–Trinajstić information content (AvgIpc) is 2.68. The number of nitrogens with zero attached hydrogens (tertiary/aromatic N) is 2. The Kier molecular flexibility index (Phi) is 5.40. The molecule has 1 atom stereocenters. The summed E-state index contributed by atoms with van der Waals surface area (Å²) in [5.41, 5.74) is 2.02. The fraction of sp³-hybridized carbons (Fsp3) is 0.300. The molecule has 0 aromatic heterocycles. The molecule has 1 aliphatic rings. The summed E-state index contributed by atoms with van der Waals surface area (Å²) in [5.74, 6) is 0.241. The number of anilines is 2. The van der Waals surface area contributed by atoms with Gasteiger partial charge in [-0.2, -0.15) is 5.26 Å². The molecule has 6 nitrogen and oxygen atoms in total. The molecule has 1 heterocycles. The highest BCUT2D eigenvalue weighted by Gasteiger charge is 2.29. The van der Waals surface area contributed by atoms with Crippen molar-refractivity contribution in [1.82, 2.24) is 0 Å². The first-order valence-electron chi connectivity index (χ1n) is 8.77. The van der Waals surface area contributed by atoms with Crippen LogP contribution in [-0.4, -0.2) is 43.2 Å². The van der Waals surface area contributed by atoms with Crippen LogP contribution >= 0.6 is 0 Å². The molecule has 0 saturated carbocycles. The second-order valence-corrected chi connectivity index (χ2v) is 6.54. The lowest BCUT2D eigenvalue weighted by Crippen LogP contribution is -3.19. The molecule has 3 rings (SSSR count). The van der Waals surface area contributed by atoms with Crippen LogP contribution in [0.15, 0.2) is 48.5 Å². The minimum absolute atomic E-state index is 0.0499. The monoisotopic (exact) mass is 351 g/mol. The van der Waals surface area contributed by atoms with E-state index in [4.69, 9.17) is 5.26 Å². The predicted molar refractivity (Wildman–Crippen MR) is 100 cm³/mol. The van der Waals surface area contributed by atoms with E-state index in [9.17, 15) is 9.90 Å². The van der Waals surface area contributed by atoms with Crippen molar-refractivity contribution >= 4 is 17.3 Å². The summed E-state index contributed by atoms with van der Waals surface area (Å²) < 4.78 is 0. The van der Waals surface area contributed by atoms with Gasteiger partial charge in [0.15, 0.2) is 6.04 Å². The van der Waals surface area contributed by atoms with E-state index in [-0.39, 0.29) is 11.9 Å². The molecule has 6 heteroatoms. The van der Waals surface area contributed by atoms with Gasteiger partial charge < -0.3 is 20.2 Å². The van der Waals surface area contributed by atoms with Gasteiger partial charge in [0.05, 0.1) is 43.5 Å². The standard InChI is InChI=1S/C20H22N4O2/c1-15(20(26)22-17-6-4-5-16(13-17)14-21)23-9-11-24(12-10-23)18-7-2-3-8-19(18)25/h2-8,13,15,25H,9-12H2,1H3,(H,22,26)/p+1/t15-/m0/s1. The zero-order valence-electron chi connectivity index (χ0n) is 14.8. The van der Waals surface area contributed by atoms with Crippen molar-refractivity contribution in [2.75, 3.05) is 36.4 Å². The Balaban J connectivity index is 1.57. The largest absolute Gasteiger partial charge is 0.506 e. The number of carbonyl (C=O) groups is 1. The van der Waals surface area contributed by atoms with Crippen molar-refractivity contribution < 1.29 is 14.8 Å². The number of nitriles is 1. The van der Waals surface area contributed by atoms with Crippen LogP contribution in [0.5, 0.6) is 5.75 Å². The molecule has 1 fully saturated rings. The first-order chi connectivity index (χ1) is 12.6. The van der Waals surface area contributed by atoms with Crippen molar-refractivity contribution in [3.05, 3.63) is 54.1 Å². The van der Waals surface area contributed by atoms with Crippen LogP contribution < -0.4 is 15.1 Å². The van der Waals surface area contributed by atoms with Gasteiger partial charge in [-0.25, -0.2) is 0 Å². The van der Waals surface area contributed by atoms with Crippen LogP contribution in [-0.2, 0) is 4.79 Å². The average molecular weight is 351 g/mol. The molecule has 2 aromatic carbocycles. The van der Waals surface area contributed by atoms with E-state index in [1.54, 1.807) is 30.3 Å². The lowest BCUT2D eigenvalue weighted by molar-refractivity contribution is -0.914. The third kappa shape index (κ3) is 3.95. The molecule has 1 aliphatic heterocycles. The Morgan fingerprint density at radius 2 is 1.96 bits per heavy atom. The minimum atomic E-state index is -0.188. The Morgan fingerprint density at radius 1 is 1.23 bits per heavy atom. The van der Waals surface area contributed by atoms with E-state index in [2.05, 4.69) is 16.3 Å². The van der Waals surface area contributed by atoms with Gasteiger partial charge in [0.1, 0.15) is 5.75 Å². The second-order valence-electron chi connectivity index (χ2n) is 6.54. The number of benzene rings is 2. The first-order valence-corrected chi connectivity index (χ1v) is 8.77. The van der Waals surface area contributed by atoms with Gasteiger partial charge in [0.25, 0.3) is 5.91 Å². The molecule has 134 valence electrons. The highest BCUT2D eigenvalue weighted by Crippen LogP contribution is 2.26. The van der Waals surface area contributed by atoms with Gasteiger partial charge >= 0.3 is 0 Å². The summed E-state index contributed by atoms with van der Waals surface area (Å²) in [5, 5.41) is 21.9. The summed E-state index contributed by atoms with van der Waals surface area (Å²) in [6.45, 7) is 5.14. The van der Waals surface area contributed by atoms with Crippen LogP contribution in [0, 0.1) is 11.3 Å². The van der Waals surface area contributed by atoms with E-state index in [0.717, 1.165) is 31.9 Å². The number of phenolic OH excluding ortho intramolecular Hbond substituents is 1. The van der Waals surface area contributed by atoms with Crippen molar-refractivity contribution in [2.45, 2.75) is 13.0 Å². The topological polar surface area (TPSA) is 80.8 Å². The van der Waals surface area contributed by atoms with E-state index >= 15 is 0 Å². The van der Waals surface area contributed by atoms with Gasteiger partial charge in [0, 0.05) is 5.69 Å². The van der Waals surface area contributed by atoms with Crippen molar-refractivity contribution in [3.63, 3.8) is 0 Å². The van der Waals surface area contributed by atoms with Crippen molar-refractivity contribution in [1.29, 1.82) is 5.26 Å². The highest BCUT2D eigenvalue weighted by molar-refractivity contribution is 5.93. The Bertz CT molecular complexity index is 823. The third-order valence-corrected chi connectivity index (χ3v) is 4.89. The number of piperazine rings is 1. The van der Waals surface area contributed by atoms with Crippen molar-refractivity contribution in [2.24, 2.45) is 0 Å². The molecule has 26 heavy (non-hydrogen) atoms. The zero-order valence-corrected chi connectivity index (χ0v) is 14.8. The number of quaternary nitrogens is 1. The molecule has 0 spiro atoms. The SMILES string of the molecule is C[C@@H](C(=O)Nc1cccc(C#N)c1)[NH+]1CCN(c2ccccc2O)CC1. The summed E-state index contributed by atoms with van der Waals surface area (Å²) in [6, 6.07) is 16.2. The second kappa shape index (κ2) is 7.89. The van der Waals surface area contributed by atoms with E-state index in [1.165, 1.54) is 4.90 Å². The maximum Gasteiger partial charge on any atom is 0.282 e. The maximum atomic E-state index is 12.5. The molecule has 1 amide bonds. The molecule has 3 N–H and O–H groups in total. The number of rotatable bonds is 4. The molecule has 1 saturated heterocycles. The molecule has 0 aliphatic carbocycles. The predicted octanol–water partition coefficient (Wildman–Crippen LogP) is 0.996. The number of carbonyl (C=O) groups excluding carboxylic acids is 1. The normalized spacial score (nSPS) is 15.9. The first kappa shape index (κ1) is 17.8. The fourth-order valence-electron chi connectivity index (χ4n) is 3.30. The molecular weight excluding hydrogens is 328 g/mol. The zero-order chi connectivity index (χ0) is 18.5. The number of hydrogen-bond donors (Lipinski definition) is 3. The van der Waals surface area contributed by atoms with Gasteiger partial charge in [0.2, 0.25) is 0 Å². The number of nitrogens with one attached hydrogen (secondary N) is 2. The number of phenols is 1. The Hall–Kier alpha value is -3.04. The molecule has 0 bridgehead atoms. The van der Waals surface area contributed by atoms with Crippen LogP contribution in [0.3, 0.4) is 0 Å². The Labute approximate surface area is 153 Å². The Morgan fingerprint density at radius 3 is 2.65 bits per heavy atom. The molecule has 0 unspecified atom stereocenters. The number of amides is 1. The molecular formula is C20H23N4O2+. The third-order valence-electron chi connectivity index (χ3n) is 4.89. The maximum absolute atomic E-state index is 12.5. The van der Waals surface area contributed by atoms with E-state index in [1.807, 2.05) is 25.1 Å². The highest BCUT2D eigenvalue weighted by atomic mass is 16.3.